The minimum atomic E-state index is -4.10. The van der Waals surface area contributed by atoms with Crippen LogP contribution in [0.3, 0.4) is 0 Å². The minimum Gasteiger partial charge on any atom is -0.454 e. The Kier molecular flexibility index (Phi) is 11.0. The highest BCUT2D eigenvalue weighted by Crippen LogP contribution is 2.35. The molecule has 0 radical (unpaired) electrons. The number of amides is 2. The molecule has 1 aliphatic carbocycles. The van der Waals surface area contributed by atoms with Crippen molar-refractivity contribution in [2.75, 3.05) is 26.4 Å². The topological polar surface area (TPSA) is 138 Å². The van der Waals surface area contributed by atoms with Gasteiger partial charge in [0.05, 0.1) is 23.6 Å². The van der Waals surface area contributed by atoms with Gasteiger partial charge in [-0.25, -0.2) is 13.4 Å². The highest BCUT2D eigenvalue weighted by molar-refractivity contribution is 7.89. The van der Waals surface area contributed by atoms with Crippen molar-refractivity contribution in [1.29, 1.82) is 0 Å². The van der Waals surface area contributed by atoms with Crippen molar-refractivity contribution in [3.8, 4) is 23.8 Å². The molecule has 2 aliphatic rings. The molecule has 11 nitrogen and oxygen atoms in total. The van der Waals surface area contributed by atoms with Crippen molar-refractivity contribution in [2.45, 2.75) is 69.0 Å². The molecule has 3 N–H and O–H groups in total. The van der Waals surface area contributed by atoms with Gasteiger partial charge in [0.15, 0.2) is 11.5 Å². The summed E-state index contributed by atoms with van der Waals surface area (Å²) in [7, 11) is -4.10. The van der Waals surface area contributed by atoms with Crippen molar-refractivity contribution in [3.05, 3.63) is 54.1 Å². The van der Waals surface area contributed by atoms with Crippen molar-refractivity contribution in [1.82, 2.24) is 20.1 Å². The van der Waals surface area contributed by atoms with Gasteiger partial charge in [-0.2, -0.15) is 4.31 Å². The van der Waals surface area contributed by atoms with Crippen molar-refractivity contribution in [3.63, 3.8) is 0 Å². The molecule has 2 atom stereocenters. The predicted octanol–water partition coefficient (Wildman–Crippen LogP) is 2.06. The van der Waals surface area contributed by atoms with Gasteiger partial charge < -0.3 is 19.9 Å². The second-order valence-electron chi connectivity index (χ2n) is 11.2. The van der Waals surface area contributed by atoms with E-state index >= 15 is 0 Å². The van der Waals surface area contributed by atoms with Crippen LogP contribution in [-0.2, 0) is 26.0 Å². The average molecular weight is 613 g/mol. The summed E-state index contributed by atoms with van der Waals surface area (Å²) in [6.45, 7) is 3.52. The maximum absolute atomic E-state index is 13.9. The number of ether oxygens (including phenoxy) is 2. The number of hydrogen-bond donors (Lipinski definition) is 3. The van der Waals surface area contributed by atoms with Crippen molar-refractivity contribution in [2.24, 2.45) is 5.92 Å². The number of terminal acetylenes is 1. The van der Waals surface area contributed by atoms with Crippen molar-refractivity contribution < 1.29 is 32.6 Å². The molecule has 1 aliphatic heterocycles. The van der Waals surface area contributed by atoms with Crippen LogP contribution in [0.1, 0.15) is 45.1 Å². The van der Waals surface area contributed by atoms with E-state index in [2.05, 4.69) is 16.7 Å². The summed E-state index contributed by atoms with van der Waals surface area (Å²) in [5, 5.41) is 16.0. The van der Waals surface area contributed by atoms with E-state index in [0.29, 0.717) is 11.5 Å². The molecule has 12 heteroatoms. The van der Waals surface area contributed by atoms with Crippen LogP contribution in [0.15, 0.2) is 53.4 Å². The first kappa shape index (κ1) is 32.3. The monoisotopic (exact) mass is 612 g/mol. The van der Waals surface area contributed by atoms with Crippen LogP contribution < -0.4 is 20.2 Å². The lowest BCUT2D eigenvalue weighted by Gasteiger charge is -2.37. The standard InChI is InChI=1S/C31H40N4O7S/c1-4-5-11-31(38)35(33-30(37)18-32-24-12-13-24)26(16-23-9-7-6-8-10-23)27(36)20-34(19-22(2)3)43(39,40)25-14-15-28-29(17-25)42-21-41-28/h1,6-10,14-15,17,22,24,26-27,32,36H,5,11-13,16,18-21H2,2-3H3,(H,33,37)/t26?,27-/m1/s1. The normalized spacial score (nSPS) is 15.6. The third-order valence-electron chi connectivity index (χ3n) is 7.13. The summed E-state index contributed by atoms with van der Waals surface area (Å²) in [6.07, 6.45) is 6.23. The van der Waals surface area contributed by atoms with Crippen LogP contribution in [0.2, 0.25) is 0 Å². The fraction of sp³-hybridized carbons (Fsp3) is 0.484. The molecule has 43 heavy (non-hydrogen) atoms. The van der Waals surface area contributed by atoms with Crippen LogP contribution in [0, 0.1) is 18.3 Å². The molecule has 0 bridgehead atoms. The number of carbonyl (C=O) groups excluding carboxylic acids is 2. The highest BCUT2D eigenvalue weighted by Gasteiger charge is 2.36. The summed E-state index contributed by atoms with van der Waals surface area (Å²) in [5.74, 6) is 2.21. The van der Waals surface area contributed by atoms with Crippen LogP contribution in [-0.4, -0.2) is 79.3 Å². The van der Waals surface area contributed by atoms with Gasteiger partial charge in [0.1, 0.15) is 0 Å². The lowest BCUT2D eigenvalue weighted by molar-refractivity contribution is -0.147. The largest absolute Gasteiger partial charge is 0.454 e. The number of benzene rings is 2. The molecule has 2 aromatic carbocycles. The Balaban J connectivity index is 1.64. The number of sulfonamides is 1. The maximum atomic E-state index is 13.9. The number of carbonyl (C=O) groups is 2. The minimum absolute atomic E-state index is 0.000140. The number of hydrogen-bond acceptors (Lipinski definition) is 8. The molecule has 0 spiro atoms. The fourth-order valence-electron chi connectivity index (χ4n) is 4.78. The summed E-state index contributed by atoms with van der Waals surface area (Å²) in [6, 6.07) is 12.8. The lowest BCUT2D eigenvalue weighted by Crippen LogP contribution is -2.60. The molecule has 0 saturated heterocycles. The first-order valence-corrected chi connectivity index (χ1v) is 15.9. The Morgan fingerprint density at radius 1 is 1.09 bits per heavy atom. The van der Waals surface area contributed by atoms with E-state index in [-0.39, 0.29) is 62.5 Å². The lowest BCUT2D eigenvalue weighted by atomic mass is 9.99. The van der Waals surface area contributed by atoms with Crippen LogP contribution in [0.4, 0.5) is 0 Å². The Morgan fingerprint density at radius 3 is 2.49 bits per heavy atom. The number of nitrogens with one attached hydrogen (secondary N) is 2. The molecule has 1 unspecified atom stereocenters. The van der Waals surface area contributed by atoms with Gasteiger partial charge in [0.2, 0.25) is 22.7 Å². The van der Waals surface area contributed by atoms with Crippen LogP contribution in [0.5, 0.6) is 11.5 Å². The van der Waals surface area contributed by atoms with Crippen LogP contribution in [0.25, 0.3) is 0 Å². The van der Waals surface area contributed by atoms with Crippen molar-refractivity contribution >= 4 is 21.8 Å². The summed E-state index contributed by atoms with van der Waals surface area (Å²) < 4.78 is 39.7. The number of aliphatic hydroxyl groups excluding tert-OH is 1. The van der Waals surface area contributed by atoms with E-state index in [0.717, 1.165) is 23.4 Å². The Morgan fingerprint density at radius 2 is 1.81 bits per heavy atom. The molecule has 0 aromatic heterocycles. The number of nitrogens with zero attached hydrogens (tertiary/aromatic N) is 2. The van der Waals surface area contributed by atoms with Gasteiger partial charge in [-0.1, -0.05) is 44.2 Å². The molecule has 1 saturated carbocycles. The molecule has 1 heterocycles. The maximum Gasteiger partial charge on any atom is 0.252 e. The average Bonchev–Trinajstić information content (AvgIpc) is 3.70. The molecular weight excluding hydrogens is 572 g/mol. The van der Waals surface area contributed by atoms with E-state index in [1.165, 1.54) is 22.5 Å². The molecule has 1 fully saturated rings. The van der Waals surface area contributed by atoms with Gasteiger partial charge >= 0.3 is 0 Å². The molecule has 2 aromatic rings. The summed E-state index contributed by atoms with van der Waals surface area (Å²) in [5.41, 5.74) is 3.47. The van der Waals surface area contributed by atoms with Gasteiger partial charge in [-0.3, -0.25) is 15.0 Å². The first-order chi connectivity index (χ1) is 20.6. The zero-order valence-corrected chi connectivity index (χ0v) is 25.4. The smallest absolute Gasteiger partial charge is 0.252 e. The van der Waals surface area contributed by atoms with Gasteiger partial charge in [-0.15, -0.1) is 12.3 Å². The fourth-order valence-corrected chi connectivity index (χ4v) is 6.42. The molecular formula is C31H40N4O7S. The third-order valence-corrected chi connectivity index (χ3v) is 8.96. The first-order valence-electron chi connectivity index (χ1n) is 14.5. The van der Waals surface area contributed by atoms with E-state index in [9.17, 15) is 23.1 Å². The SMILES string of the molecule is C#CCCC(=O)N(NC(=O)CNC1CC1)C(Cc1ccccc1)[C@H](O)CN(CC(C)C)S(=O)(=O)c1ccc2c(c1)OCO2. The zero-order chi connectivity index (χ0) is 31.0. The Hall–Kier alpha value is -3.63. The number of aliphatic hydroxyl groups is 1. The quantitative estimate of drug-likeness (QED) is 0.205. The van der Waals surface area contributed by atoms with E-state index < -0.39 is 34.0 Å². The van der Waals surface area contributed by atoms with E-state index in [4.69, 9.17) is 15.9 Å². The van der Waals surface area contributed by atoms with E-state index in [1.54, 1.807) is 0 Å². The van der Waals surface area contributed by atoms with Gasteiger partial charge in [0, 0.05) is 38.0 Å². The van der Waals surface area contributed by atoms with Gasteiger partial charge in [-0.05, 0) is 42.9 Å². The van der Waals surface area contributed by atoms with Gasteiger partial charge in [0.25, 0.3) is 5.91 Å². The third kappa shape index (κ3) is 8.93. The highest BCUT2D eigenvalue weighted by atomic mass is 32.2. The summed E-state index contributed by atoms with van der Waals surface area (Å²) >= 11 is 0. The second-order valence-corrected chi connectivity index (χ2v) is 13.2. The van der Waals surface area contributed by atoms with Crippen LogP contribution >= 0.6 is 0 Å². The Bertz CT molecular complexity index is 1410. The number of hydrazine groups is 1. The molecule has 2 amide bonds. The second kappa shape index (κ2) is 14.7. The number of fused-ring (bicyclic) bond motifs is 1. The predicted molar refractivity (Wildman–Crippen MR) is 160 cm³/mol. The Labute approximate surface area is 253 Å². The molecule has 4 rings (SSSR count). The zero-order valence-electron chi connectivity index (χ0n) is 24.6. The summed E-state index contributed by atoms with van der Waals surface area (Å²) in [4.78, 5) is 26.4. The van der Waals surface area contributed by atoms with E-state index in [1.807, 2.05) is 44.2 Å². The molecule has 232 valence electrons. The number of rotatable bonds is 15.